The van der Waals surface area contributed by atoms with Crippen molar-refractivity contribution >= 4 is 21.7 Å². The van der Waals surface area contributed by atoms with Gasteiger partial charge in [-0.15, -0.1) is 0 Å². The average Bonchev–Trinajstić information content (AvgIpc) is 3.02. The summed E-state index contributed by atoms with van der Waals surface area (Å²) in [7, 11) is -3.10. The molecule has 0 amide bonds. The summed E-state index contributed by atoms with van der Waals surface area (Å²) in [6.45, 7) is 5.88. The zero-order valence-corrected chi connectivity index (χ0v) is 15.6. The molecule has 134 valence electrons. The minimum absolute atomic E-state index is 0.229. The second-order valence-electron chi connectivity index (χ2n) is 6.29. The number of nitrogens with two attached hydrogens (primary N) is 1. The van der Waals surface area contributed by atoms with Gasteiger partial charge in [0.15, 0.2) is 5.96 Å². The Hall–Kier alpha value is -1.60. The van der Waals surface area contributed by atoms with Gasteiger partial charge in [-0.2, -0.15) is 0 Å². The number of sulfonamides is 1. The Morgan fingerprint density at radius 1 is 1.33 bits per heavy atom. The van der Waals surface area contributed by atoms with E-state index < -0.39 is 10.0 Å². The number of hydrogen-bond donors (Lipinski definition) is 2. The monoisotopic (exact) mass is 352 g/mol. The number of para-hydroxylation sites is 1. The van der Waals surface area contributed by atoms with Crippen molar-refractivity contribution in [3.8, 4) is 0 Å². The fourth-order valence-electron chi connectivity index (χ4n) is 3.05. The van der Waals surface area contributed by atoms with Gasteiger partial charge in [0, 0.05) is 25.3 Å². The Labute approximate surface area is 145 Å². The van der Waals surface area contributed by atoms with Gasteiger partial charge in [0.05, 0.1) is 6.26 Å². The Kier molecular flexibility index (Phi) is 6.23. The van der Waals surface area contributed by atoms with E-state index in [0.29, 0.717) is 25.6 Å². The molecule has 1 aromatic carbocycles. The number of aryl methyl sites for hydroxylation is 2. The summed E-state index contributed by atoms with van der Waals surface area (Å²) < 4.78 is 24.6. The minimum atomic E-state index is -3.10. The number of nitrogens with one attached hydrogen (secondary N) is 1. The van der Waals surface area contributed by atoms with Crippen molar-refractivity contribution in [1.29, 1.82) is 0 Å². The fourth-order valence-corrected chi connectivity index (χ4v) is 3.96. The van der Waals surface area contributed by atoms with E-state index in [0.717, 1.165) is 24.9 Å². The number of benzene rings is 1. The van der Waals surface area contributed by atoms with Gasteiger partial charge in [0.2, 0.25) is 10.0 Å². The molecule has 0 bridgehead atoms. The van der Waals surface area contributed by atoms with Crippen molar-refractivity contribution in [1.82, 2.24) is 4.31 Å². The first-order valence-electron chi connectivity index (χ1n) is 8.48. The molecule has 6 nitrogen and oxygen atoms in total. The van der Waals surface area contributed by atoms with Gasteiger partial charge in [-0.3, -0.25) is 4.99 Å². The van der Waals surface area contributed by atoms with Crippen molar-refractivity contribution in [2.24, 2.45) is 16.6 Å². The summed E-state index contributed by atoms with van der Waals surface area (Å²) >= 11 is 0. The van der Waals surface area contributed by atoms with Crippen LogP contribution in [0.1, 0.15) is 31.4 Å². The molecule has 0 radical (unpaired) electrons. The smallest absolute Gasteiger partial charge is 0.211 e. The third-order valence-corrected chi connectivity index (χ3v) is 5.76. The van der Waals surface area contributed by atoms with E-state index in [1.165, 1.54) is 21.7 Å². The molecule has 1 atom stereocenters. The summed E-state index contributed by atoms with van der Waals surface area (Å²) in [5.74, 6) is 0.621. The first-order chi connectivity index (χ1) is 11.3. The van der Waals surface area contributed by atoms with Crippen LogP contribution in [0.5, 0.6) is 0 Å². The first kappa shape index (κ1) is 18.7. The molecule has 24 heavy (non-hydrogen) atoms. The van der Waals surface area contributed by atoms with Gasteiger partial charge < -0.3 is 11.1 Å². The SMILES string of the molecule is CCc1cccc(CC)c1NC(N)=NCC1CCN(S(C)(=O)=O)C1. The number of rotatable bonds is 6. The molecule has 0 aliphatic carbocycles. The summed E-state index contributed by atoms with van der Waals surface area (Å²) in [4.78, 5) is 4.43. The summed E-state index contributed by atoms with van der Waals surface area (Å²) in [6.07, 6.45) is 3.93. The number of hydrogen-bond acceptors (Lipinski definition) is 3. The molecule has 1 aliphatic heterocycles. The highest BCUT2D eigenvalue weighted by molar-refractivity contribution is 7.88. The number of anilines is 1. The molecule has 0 spiro atoms. The minimum Gasteiger partial charge on any atom is -0.370 e. The summed E-state index contributed by atoms with van der Waals surface area (Å²) in [6, 6.07) is 6.25. The molecule has 2 rings (SSSR count). The van der Waals surface area contributed by atoms with Crippen LogP contribution in [-0.4, -0.2) is 44.6 Å². The predicted octanol–water partition coefficient (Wildman–Crippen LogP) is 1.82. The molecule has 3 N–H and O–H groups in total. The van der Waals surface area contributed by atoms with Gasteiger partial charge in [0.1, 0.15) is 0 Å². The Balaban J connectivity index is 2.01. The van der Waals surface area contributed by atoms with Crippen molar-refractivity contribution in [2.45, 2.75) is 33.1 Å². The standard InChI is InChI=1S/C17H28N4O2S/c1-4-14-7-6-8-15(5-2)16(14)20-17(18)19-11-13-9-10-21(12-13)24(3,22)23/h6-8,13H,4-5,9-12H2,1-3H3,(H3,18,19,20). The highest BCUT2D eigenvalue weighted by Gasteiger charge is 2.28. The Bertz CT molecular complexity index is 678. The number of nitrogens with zero attached hydrogens (tertiary/aromatic N) is 2. The van der Waals surface area contributed by atoms with E-state index >= 15 is 0 Å². The lowest BCUT2D eigenvalue weighted by atomic mass is 10.0. The molecular weight excluding hydrogens is 324 g/mol. The maximum Gasteiger partial charge on any atom is 0.211 e. The van der Waals surface area contributed by atoms with Crippen LogP contribution in [0.2, 0.25) is 0 Å². The average molecular weight is 353 g/mol. The van der Waals surface area contributed by atoms with Gasteiger partial charge in [-0.05, 0) is 36.3 Å². The topological polar surface area (TPSA) is 87.8 Å². The van der Waals surface area contributed by atoms with Crippen LogP contribution >= 0.6 is 0 Å². The van der Waals surface area contributed by atoms with Gasteiger partial charge in [-0.1, -0.05) is 32.0 Å². The lowest BCUT2D eigenvalue weighted by molar-refractivity contribution is 0.464. The molecule has 0 aromatic heterocycles. The van der Waals surface area contributed by atoms with Crippen LogP contribution in [0.15, 0.2) is 23.2 Å². The fraction of sp³-hybridized carbons (Fsp3) is 0.588. The van der Waals surface area contributed by atoms with E-state index in [1.807, 2.05) is 0 Å². The normalized spacial score (nSPS) is 19.6. The summed E-state index contributed by atoms with van der Waals surface area (Å²) in [5.41, 5.74) is 9.55. The van der Waals surface area contributed by atoms with Crippen molar-refractivity contribution in [3.63, 3.8) is 0 Å². The third kappa shape index (κ3) is 4.70. The van der Waals surface area contributed by atoms with E-state index in [-0.39, 0.29) is 5.92 Å². The molecule has 1 heterocycles. The van der Waals surface area contributed by atoms with Crippen LogP contribution in [0.25, 0.3) is 0 Å². The maximum atomic E-state index is 11.6. The predicted molar refractivity (Wildman–Crippen MR) is 99.8 cm³/mol. The van der Waals surface area contributed by atoms with Gasteiger partial charge in [0.25, 0.3) is 0 Å². The third-order valence-electron chi connectivity index (χ3n) is 4.49. The molecule has 7 heteroatoms. The molecule has 0 saturated carbocycles. The zero-order chi connectivity index (χ0) is 17.7. The van der Waals surface area contributed by atoms with Crippen LogP contribution in [-0.2, 0) is 22.9 Å². The molecule has 1 unspecified atom stereocenters. The summed E-state index contributed by atoms with van der Waals surface area (Å²) in [5, 5.41) is 3.24. The Morgan fingerprint density at radius 3 is 2.46 bits per heavy atom. The second-order valence-corrected chi connectivity index (χ2v) is 8.27. The lowest BCUT2D eigenvalue weighted by Gasteiger charge is -2.15. The maximum absolute atomic E-state index is 11.6. The molecule has 1 aromatic rings. The van der Waals surface area contributed by atoms with Crippen LogP contribution in [0, 0.1) is 5.92 Å². The highest BCUT2D eigenvalue weighted by atomic mass is 32.2. The van der Waals surface area contributed by atoms with E-state index in [1.54, 1.807) is 0 Å². The largest absolute Gasteiger partial charge is 0.370 e. The van der Waals surface area contributed by atoms with Crippen LogP contribution in [0.3, 0.4) is 0 Å². The lowest BCUT2D eigenvalue weighted by Crippen LogP contribution is -2.28. The number of guanidine groups is 1. The quantitative estimate of drug-likeness (QED) is 0.604. The second kappa shape index (κ2) is 7.98. The van der Waals surface area contributed by atoms with Crippen LogP contribution < -0.4 is 11.1 Å². The molecular formula is C17H28N4O2S. The first-order valence-corrected chi connectivity index (χ1v) is 10.3. The number of aliphatic imine (C=N–C) groups is 1. The molecule has 1 fully saturated rings. The van der Waals surface area contributed by atoms with E-state index in [9.17, 15) is 8.42 Å². The van der Waals surface area contributed by atoms with Crippen molar-refractivity contribution < 1.29 is 8.42 Å². The van der Waals surface area contributed by atoms with E-state index in [2.05, 4.69) is 42.4 Å². The zero-order valence-electron chi connectivity index (χ0n) is 14.7. The van der Waals surface area contributed by atoms with Gasteiger partial charge in [-0.25, -0.2) is 12.7 Å². The van der Waals surface area contributed by atoms with Gasteiger partial charge >= 0.3 is 0 Å². The van der Waals surface area contributed by atoms with E-state index in [4.69, 9.17) is 5.73 Å². The van der Waals surface area contributed by atoms with Crippen LogP contribution in [0.4, 0.5) is 5.69 Å². The highest BCUT2D eigenvalue weighted by Crippen LogP contribution is 2.23. The Morgan fingerprint density at radius 2 is 1.96 bits per heavy atom. The molecule has 1 aliphatic rings. The molecule has 1 saturated heterocycles. The van der Waals surface area contributed by atoms with Crippen molar-refractivity contribution in [3.05, 3.63) is 29.3 Å². The van der Waals surface area contributed by atoms with Crippen molar-refractivity contribution in [2.75, 3.05) is 31.2 Å².